The molecule has 0 unspecified atom stereocenters. The quantitative estimate of drug-likeness (QED) is 0.594. The van der Waals surface area contributed by atoms with E-state index in [1.54, 1.807) is 54.6 Å². The summed E-state index contributed by atoms with van der Waals surface area (Å²) in [6.45, 7) is -0.203. The first-order chi connectivity index (χ1) is 14.9. The van der Waals surface area contributed by atoms with Gasteiger partial charge >= 0.3 is 0 Å². The molecule has 0 aromatic heterocycles. The lowest BCUT2D eigenvalue weighted by molar-refractivity contribution is -0.124. The van der Waals surface area contributed by atoms with Gasteiger partial charge in [-0.25, -0.2) is 0 Å². The fourth-order valence-corrected chi connectivity index (χ4v) is 3.96. The molecule has 1 fully saturated rings. The number of nitrogens with zero attached hydrogens (tertiary/aromatic N) is 1. The summed E-state index contributed by atoms with van der Waals surface area (Å²) in [5, 5.41) is 5.36. The molecule has 0 radical (unpaired) electrons. The number of carbonyl (C=O) groups is 4. The number of thioether (sulfide) groups is 1. The Balaban J connectivity index is 1.48. The van der Waals surface area contributed by atoms with Crippen molar-refractivity contribution in [2.75, 3.05) is 19.6 Å². The second kappa shape index (κ2) is 10.5. The van der Waals surface area contributed by atoms with Crippen molar-refractivity contribution >= 4 is 64.0 Å². The van der Waals surface area contributed by atoms with Crippen molar-refractivity contribution < 1.29 is 19.2 Å². The Labute approximate surface area is 192 Å². The highest BCUT2D eigenvalue weighted by atomic mass is 35.5. The van der Waals surface area contributed by atoms with E-state index in [0.29, 0.717) is 10.6 Å². The van der Waals surface area contributed by atoms with E-state index in [-0.39, 0.29) is 35.1 Å². The summed E-state index contributed by atoms with van der Waals surface area (Å²) in [4.78, 5) is 50.0. The van der Waals surface area contributed by atoms with Crippen molar-refractivity contribution in [3.8, 4) is 0 Å². The van der Waals surface area contributed by atoms with Gasteiger partial charge in [0.15, 0.2) is 0 Å². The van der Waals surface area contributed by atoms with E-state index in [0.717, 1.165) is 16.7 Å². The van der Waals surface area contributed by atoms with Crippen molar-refractivity contribution in [2.45, 2.75) is 0 Å². The van der Waals surface area contributed by atoms with E-state index in [9.17, 15) is 19.2 Å². The second-order valence-corrected chi connectivity index (χ2v) is 8.17. The molecule has 31 heavy (non-hydrogen) atoms. The van der Waals surface area contributed by atoms with Crippen molar-refractivity contribution in [1.82, 2.24) is 15.5 Å². The lowest BCUT2D eigenvalue weighted by Crippen LogP contribution is -2.41. The Kier molecular flexibility index (Phi) is 7.73. The zero-order valence-electron chi connectivity index (χ0n) is 16.1. The average Bonchev–Trinajstić information content (AvgIpc) is 3.01. The smallest absolute Gasteiger partial charge is 0.293 e. The molecule has 1 saturated heterocycles. The summed E-state index contributed by atoms with van der Waals surface area (Å²) in [5.74, 6) is -1.38. The van der Waals surface area contributed by atoms with Crippen LogP contribution in [0.3, 0.4) is 0 Å². The van der Waals surface area contributed by atoms with Crippen LogP contribution in [0, 0.1) is 0 Å². The number of carbonyl (C=O) groups excluding carboxylic acids is 4. The Morgan fingerprint density at radius 1 is 0.968 bits per heavy atom. The van der Waals surface area contributed by atoms with Crippen LogP contribution in [0.5, 0.6) is 0 Å². The van der Waals surface area contributed by atoms with Crippen LogP contribution >= 0.6 is 35.0 Å². The van der Waals surface area contributed by atoms with E-state index in [4.69, 9.17) is 23.2 Å². The molecular weight excluding hydrogens is 461 g/mol. The predicted molar refractivity (Wildman–Crippen MR) is 121 cm³/mol. The first-order valence-corrected chi connectivity index (χ1v) is 10.7. The summed E-state index contributed by atoms with van der Waals surface area (Å²) in [7, 11) is 0. The van der Waals surface area contributed by atoms with E-state index in [2.05, 4.69) is 10.6 Å². The first-order valence-electron chi connectivity index (χ1n) is 9.16. The highest BCUT2D eigenvalue weighted by Gasteiger charge is 2.34. The maximum atomic E-state index is 12.5. The van der Waals surface area contributed by atoms with Gasteiger partial charge < -0.3 is 10.6 Å². The Hall–Kier alpha value is -2.81. The molecule has 160 valence electrons. The Morgan fingerprint density at radius 3 is 2.35 bits per heavy atom. The number of hydrogen-bond acceptors (Lipinski definition) is 5. The zero-order valence-corrected chi connectivity index (χ0v) is 18.4. The number of benzene rings is 2. The lowest BCUT2D eigenvalue weighted by atomic mass is 10.2. The summed E-state index contributed by atoms with van der Waals surface area (Å²) < 4.78 is 0. The molecule has 10 heteroatoms. The molecule has 0 aliphatic carbocycles. The van der Waals surface area contributed by atoms with Crippen LogP contribution in [-0.4, -0.2) is 47.5 Å². The molecule has 4 amide bonds. The van der Waals surface area contributed by atoms with Crippen LogP contribution in [0.4, 0.5) is 4.79 Å². The minimum Gasteiger partial charge on any atom is -0.353 e. The number of hydrogen-bond donors (Lipinski definition) is 2. The molecular formula is C21H17Cl2N3O4S. The number of rotatable bonds is 7. The van der Waals surface area contributed by atoms with Gasteiger partial charge in [0.2, 0.25) is 5.91 Å². The van der Waals surface area contributed by atoms with Crippen molar-refractivity contribution in [2.24, 2.45) is 0 Å². The molecule has 7 nitrogen and oxygen atoms in total. The predicted octanol–water partition coefficient (Wildman–Crippen LogP) is 3.58. The third kappa shape index (κ3) is 5.88. The van der Waals surface area contributed by atoms with Gasteiger partial charge in [-0.05, 0) is 41.6 Å². The summed E-state index contributed by atoms with van der Waals surface area (Å²) >= 11 is 12.9. The van der Waals surface area contributed by atoms with Crippen molar-refractivity contribution in [1.29, 1.82) is 0 Å². The van der Waals surface area contributed by atoms with Crippen molar-refractivity contribution in [3.05, 3.63) is 74.6 Å². The highest BCUT2D eigenvalue weighted by molar-refractivity contribution is 8.18. The molecule has 0 atom stereocenters. The summed E-state index contributed by atoms with van der Waals surface area (Å²) in [6, 6.07) is 13.5. The summed E-state index contributed by atoms with van der Waals surface area (Å²) in [6.07, 6.45) is 1.57. The maximum Gasteiger partial charge on any atom is 0.293 e. The molecule has 1 heterocycles. The summed E-state index contributed by atoms with van der Waals surface area (Å²) in [5.41, 5.74) is 0.900. The number of halogens is 2. The number of amides is 4. The molecule has 2 aromatic rings. The fourth-order valence-electron chi connectivity index (χ4n) is 2.70. The van der Waals surface area contributed by atoms with E-state index < -0.39 is 23.0 Å². The van der Waals surface area contributed by atoms with Crippen LogP contribution in [-0.2, 0) is 9.59 Å². The minimum atomic E-state index is -0.476. The molecule has 2 aromatic carbocycles. The first kappa shape index (κ1) is 22.9. The monoisotopic (exact) mass is 477 g/mol. The Morgan fingerprint density at radius 2 is 1.65 bits per heavy atom. The van der Waals surface area contributed by atoms with Crippen LogP contribution in [0.2, 0.25) is 10.0 Å². The fraction of sp³-hybridized carbons (Fsp3) is 0.143. The zero-order chi connectivity index (χ0) is 22.4. The van der Waals surface area contributed by atoms with E-state index >= 15 is 0 Å². The van der Waals surface area contributed by atoms with Crippen LogP contribution in [0.1, 0.15) is 15.9 Å². The third-order valence-electron chi connectivity index (χ3n) is 4.25. The standard InChI is InChI=1S/C21H17Cl2N3O4S/c22-15-7-3-1-5-13(15)11-17-20(29)26(21(30)31-17)10-9-24-18(27)12-25-19(28)14-6-2-4-8-16(14)23/h1-8,11H,9-10,12H2,(H,24,27)(H,25,28). The molecule has 0 bridgehead atoms. The van der Waals surface area contributed by atoms with Gasteiger partial charge in [0.1, 0.15) is 0 Å². The molecule has 1 aliphatic rings. The van der Waals surface area contributed by atoms with Crippen LogP contribution < -0.4 is 10.6 Å². The van der Waals surface area contributed by atoms with Gasteiger partial charge in [0.05, 0.1) is 22.0 Å². The molecule has 0 saturated carbocycles. The van der Waals surface area contributed by atoms with Crippen molar-refractivity contribution in [3.63, 3.8) is 0 Å². The van der Waals surface area contributed by atoms with Gasteiger partial charge in [-0.1, -0.05) is 53.5 Å². The largest absolute Gasteiger partial charge is 0.353 e. The van der Waals surface area contributed by atoms with Gasteiger partial charge in [-0.2, -0.15) is 0 Å². The molecule has 2 N–H and O–H groups in total. The van der Waals surface area contributed by atoms with Gasteiger partial charge in [-0.3, -0.25) is 24.1 Å². The van der Waals surface area contributed by atoms with Crippen LogP contribution in [0.25, 0.3) is 6.08 Å². The van der Waals surface area contributed by atoms with Gasteiger partial charge in [0, 0.05) is 18.1 Å². The topological polar surface area (TPSA) is 95.6 Å². The molecule has 3 rings (SSSR count). The highest BCUT2D eigenvalue weighted by Crippen LogP contribution is 2.33. The van der Waals surface area contributed by atoms with Crippen LogP contribution in [0.15, 0.2) is 53.4 Å². The minimum absolute atomic E-state index is 0.00866. The van der Waals surface area contributed by atoms with E-state index in [1.165, 1.54) is 0 Å². The molecule has 1 aliphatic heterocycles. The maximum absolute atomic E-state index is 12.5. The van der Waals surface area contributed by atoms with E-state index in [1.807, 2.05) is 0 Å². The van der Waals surface area contributed by atoms with Gasteiger partial charge in [-0.15, -0.1) is 0 Å². The SMILES string of the molecule is O=C(CNC(=O)c1ccccc1Cl)NCCN1C(=O)SC(=Cc2ccccc2Cl)C1=O. The average molecular weight is 478 g/mol. The second-order valence-electron chi connectivity index (χ2n) is 6.37. The lowest BCUT2D eigenvalue weighted by Gasteiger charge is -2.13. The Bertz CT molecular complexity index is 1070. The number of imide groups is 1. The third-order valence-corrected chi connectivity index (χ3v) is 5.83. The van der Waals surface area contributed by atoms with Gasteiger partial charge in [0.25, 0.3) is 17.1 Å². The molecule has 0 spiro atoms. The normalized spacial score (nSPS) is 14.8. The number of nitrogens with one attached hydrogen (secondary N) is 2.